The van der Waals surface area contributed by atoms with Gasteiger partial charge in [-0.3, -0.25) is 14.2 Å². The molecule has 1 N–H and O–H groups in total. The smallest absolute Gasteiger partial charge is 0.271 e. The van der Waals surface area contributed by atoms with Crippen LogP contribution >= 0.6 is 0 Å². The number of rotatable bonds is 4. The van der Waals surface area contributed by atoms with Gasteiger partial charge in [0.15, 0.2) is 0 Å². The van der Waals surface area contributed by atoms with E-state index in [0.29, 0.717) is 23.0 Å². The highest BCUT2D eigenvalue weighted by atomic mass is 16.2. The highest BCUT2D eigenvalue weighted by Gasteiger charge is 2.17. The molecule has 2 aliphatic heterocycles. The fraction of sp³-hybridized carbons (Fsp3) is 0.333. The minimum absolute atomic E-state index is 0.0320. The Balaban J connectivity index is 1.27. The van der Waals surface area contributed by atoms with Gasteiger partial charge in [0.1, 0.15) is 5.82 Å². The fourth-order valence-electron chi connectivity index (χ4n) is 4.38. The number of fused-ring (bicyclic) bond motifs is 2. The van der Waals surface area contributed by atoms with Gasteiger partial charge in [0, 0.05) is 37.3 Å². The molecule has 0 spiro atoms. The van der Waals surface area contributed by atoms with Crippen LogP contribution in [-0.2, 0) is 13.0 Å². The van der Waals surface area contributed by atoms with Gasteiger partial charge in [-0.15, -0.1) is 0 Å². The van der Waals surface area contributed by atoms with Crippen molar-refractivity contribution in [1.82, 2.24) is 15.0 Å². The molecule has 3 aromatic rings. The van der Waals surface area contributed by atoms with Crippen LogP contribution < -0.4 is 15.9 Å². The third-order valence-corrected chi connectivity index (χ3v) is 6.07. The van der Waals surface area contributed by atoms with Gasteiger partial charge in [0.2, 0.25) is 0 Å². The molecule has 5 rings (SSSR count). The molecule has 158 valence electrons. The highest BCUT2D eigenvalue weighted by molar-refractivity contribution is 5.98. The number of amides is 1. The maximum absolute atomic E-state index is 12.6. The first-order valence-corrected chi connectivity index (χ1v) is 10.9. The summed E-state index contributed by atoms with van der Waals surface area (Å²) in [4.78, 5) is 32.0. The predicted octanol–water partition coefficient (Wildman–Crippen LogP) is 3.10. The van der Waals surface area contributed by atoms with Crippen LogP contribution in [0.3, 0.4) is 0 Å². The predicted molar refractivity (Wildman–Crippen MR) is 122 cm³/mol. The number of aromatic nitrogens is 2. The van der Waals surface area contributed by atoms with Crippen LogP contribution in [0.1, 0.15) is 47.4 Å². The van der Waals surface area contributed by atoms with Crippen LogP contribution in [0.25, 0.3) is 10.9 Å². The number of carbonyl (C=O) groups is 1. The first kappa shape index (κ1) is 19.5. The zero-order valence-electron chi connectivity index (χ0n) is 17.4. The summed E-state index contributed by atoms with van der Waals surface area (Å²) >= 11 is 0. The second-order valence-electron chi connectivity index (χ2n) is 8.16. The SMILES string of the molecule is O=C(N/N=C\c1ccc(N2CCCCC2)cc1)c1ccc2c(=O)n3c(nc2c1)CCC3. The van der Waals surface area contributed by atoms with Gasteiger partial charge >= 0.3 is 0 Å². The molecule has 2 aromatic carbocycles. The minimum atomic E-state index is -0.328. The summed E-state index contributed by atoms with van der Waals surface area (Å²) in [5.74, 6) is 0.464. The molecule has 7 heteroatoms. The van der Waals surface area contributed by atoms with Gasteiger partial charge < -0.3 is 4.90 Å². The van der Waals surface area contributed by atoms with Crippen molar-refractivity contribution in [3.63, 3.8) is 0 Å². The number of hydrogen-bond acceptors (Lipinski definition) is 5. The number of hydrazone groups is 1. The van der Waals surface area contributed by atoms with Gasteiger partial charge in [-0.2, -0.15) is 5.10 Å². The maximum Gasteiger partial charge on any atom is 0.271 e. The van der Waals surface area contributed by atoms with Crippen molar-refractivity contribution in [1.29, 1.82) is 0 Å². The standard InChI is InChI=1S/C24H25N5O2/c30-23(18-8-11-20-21(15-18)26-22-5-4-14-29(22)24(20)31)27-25-16-17-6-9-19(10-7-17)28-12-2-1-3-13-28/h6-11,15-16H,1-5,12-14H2,(H,27,30)/b25-16-. The fourth-order valence-corrected chi connectivity index (χ4v) is 4.38. The summed E-state index contributed by atoms with van der Waals surface area (Å²) in [5, 5.41) is 4.63. The van der Waals surface area contributed by atoms with Crippen LogP contribution in [0.5, 0.6) is 0 Å². The van der Waals surface area contributed by atoms with Crippen molar-refractivity contribution in [2.45, 2.75) is 38.6 Å². The lowest BCUT2D eigenvalue weighted by atomic mass is 10.1. The summed E-state index contributed by atoms with van der Waals surface area (Å²) in [5.41, 5.74) is 5.67. The lowest BCUT2D eigenvalue weighted by molar-refractivity contribution is 0.0955. The van der Waals surface area contributed by atoms with E-state index in [4.69, 9.17) is 0 Å². The van der Waals surface area contributed by atoms with Crippen molar-refractivity contribution in [3.8, 4) is 0 Å². The third kappa shape index (κ3) is 3.95. The van der Waals surface area contributed by atoms with Gasteiger partial charge in [0.05, 0.1) is 17.1 Å². The molecule has 1 amide bonds. The zero-order valence-corrected chi connectivity index (χ0v) is 17.4. The van der Waals surface area contributed by atoms with Crippen molar-refractivity contribution in [3.05, 3.63) is 69.8 Å². The number of carbonyl (C=O) groups excluding carboxylic acids is 1. The van der Waals surface area contributed by atoms with Crippen molar-refractivity contribution in [2.75, 3.05) is 18.0 Å². The number of aryl methyl sites for hydroxylation is 1. The van der Waals surface area contributed by atoms with Crippen LogP contribution in [0.15, 0.2) is 52.4 Å². The lowest BCUT2D eigenvalue weighted by Crippen LogP contribution is -2.29. The minimum Gasteiger partial charge on any atom is -0.372 e. The largest absolute Gasteiger partial charge is 0.372 e. The average Bonchev–Trinajstić information content (AvgIpc) is 3.29. The first-order valence-electron chi connectivity index (χ1n) is 10.9. The maximum atomic E-state index is 12.6. The Labute approximate surface area is 180 Å². The molecule has 0 unspecified atom stereocenters. The van der Waals surface area contributed by atoms with E-state index in [0.717, 1.165) is 37.3 Å². The Morgan fingerprint density at radius 1 is 1.00 bits per heavy atom. The van der Waals surface area contributed by atoms with E-state index >= 15 is 0 Å². The van der Waals surface area contributed by atoms with E-state index in [1.807, 2.05) is 12.1 Å². The second-order valence-corrected chi connectivity index (χ2v) is 8.16. The molecule has 0 atom stereocenters. The molecule has 1 aromatic heterocycles. The molecule has 1 fully saturated rings. The molecule has 31 heavy (non-hydrogen) atoms. The Hall–Kier alpha value is -3.48. The Morgan fingerprint density at radius 2 is 1.81 bits per heavy atom. The quantitative estimate of drug-likeness (QED) is 0.525. The second kappa shape index (κ2) is 8.34. The van der Waals surface area contributed by atoms with Crippen LogP contribution in [0.2, 0.25) is 0 Å². The molecule has 0 saturated carbocycles. The summed E-state index contributed by atoms with van der Waals surface area (Å²) < 4.78 is 1.73. The first-order chi connectivity index (χ1) is 15.2. The Kier molecular flexibility index (Phi) is 5.24. The number of benzene rings is 2. The van der Waals surface area contributed by atoms with E-state index in [1.165, 1.54) is 24.9 Å². The number of nitrogens with one attached hydrogen (secondary N) is 1. The third-order valence-electron chi connectivity index (χ3n) is 6.07. The summed E-state index contributed by atoms with van der Waals surface area (Å²) in [7, 11) is 0. The van der Waals surface area contributed by atoms with Crippen molar-refractivity contribution in [2.24, 2.45) is 5.10 Å². The molecule has 3 heterocycles. The molecule has 0 radical (unpaired) electrons. The van der Waals surface area contributed by atoms with E-state index in [2.05, 4.69) is 32.5 Å². The molecular weight excluding hydrogens is 390 g/mol. The normalized spacial score (nSPS) is 16.1. The van der Waals surface area contributed by atoms with E-state index in [1.54, 1.807) is 29.0 Å². The van der Waals surface area contributed by atoms with Gasteiger partial charge in [-0.25, -0.2) is 10.4 Å². The van der Waals surface area contributed by atoms with E-state index in [9.17, 15) is 9.59 Å². The number of hydrogen-bond donors (Lipinski definition) is 1. The van der Waals surface area contributed by atoms with Crippen LogP contribution in [-0.4, -0.2) is 34.8 Å². The van der Waals surface area contributed by atoms with E-state index < -0.39 is 0 Å². The summed E-state index contributed by atoms with van der Waals surface area (Å²) in [6.07, 6.45) is 7.17. The summed E-state index contributed by atoms with van der Waals surface area (Å²) in [6, 6.07) is 13.2. The van der Waals surface area contributed by atoms with Crippen LogP contribution in [0.4, 0.5) is 5.69 Å². The van der Waals surface area contributed by atoms with Gasteiger partial charge in [0.25, 0.3) is 11.5 Å². The van der Waals surface area contributed by atoms with Crippen LogP contribution in [0, 0.1) is 0 Å². The summed E-state index contributed by atoms with van der Waals surface area (Å²) in [6.45, 7) is 2.94. The lowest BCUT2D eigenvalue weighted by Gasteiger charge is -2.28. The number of anilines is 1. The average molecular weight is 415 g/mol. The molecule has 0 bridgehead atoms. The number of nitrogens with zero attached hydrogens (tertiary/aromatic N) is 4. The topological polar surface area (TPSA) is 79.6 Å². The molecule has 2 aliphatic rings. The van der Waals surface area contributed by atoms with Gasteiger partial charge in [-0.05, 0) is 61.6 Å². The monoisotopic (exact) mass is 415 g/mol. The highest BCUT2D eigenvalue weighted by Crippen LogP contribution is 2.20. The Bertz CT molecular complexity index is 1210. The molecule has 1 saturated heterocycles. The molecule has 7 nitrogen and oxygen atoms in total. The molecule has 0 aliphatic carbocycles. The zero-order chi connectivity index (χ0) is 21.2. The molecular formula is C24H25N5O2. The van der Waals surface area contributed by atoms with E-state index in [-0.39, 0.29) is 11.5 Å². The Morgan fingerprint density at radius 3 is 2.61 bits per heavy atom. The van der Waals surface area contributed by atoms with Crippen molar-refractivity contribution >= 4 is 28.7 Å². The number of piperidine rings is 1. The van der Waals surface area contributed by atoms with Crippen molar-refractivity contribution < 1.29 is 4.79 Å². The van der Waals surface area contributed by atoms with Gasteiger partial charge in [-0.1, -0.05) is 12.1 Å².